The summed E-state index contributed by atoms with van der Waals surface area (Å²) in [4.78, 5) is 6.76. The molecule has 5 nitrogen and oxygen atoms in total. The second-order valence-electron chi connectivity index (χ2n) is 5.95. The first-order chi connectivity index (χ1) is 10.8. The SMILES string of the molecule is COc1ccc2c(c1)CCCC2CN=C(N)N1CCOCC1. The number of ether oxygens (including phenoxy) is 2. The third-order valence-electron chi connectivity index (χ3n) is 4.60. The Kier molecular flexibility index (Phi) is 4.83. The highest BCUT2D eigenvalue weighted by Crippen LogP contribution is 2.33. The summed E-state index contributed by atoms with van der Waals surface area (Å²) in [5.41, 5.74) is 8.94. The smallest absolute Gasteiger partial charge is 0.191 e. The lowest BCUT2D eigenvalue weighted by Gasteiger charge is -2.29. The molecule has 1 aliphatic heterocycles. The molecule has 1 unspecified atom stereocenters. The fraction of sp³-hybridized carbons (Fsp3) is 0.588. The van der Waals surface area contributed by atoms with Gasteiger partial charge in [-0.05, 0) is 42.5 Å². The number of morpholine rings is 1. The summed E-state index contributed by atoms with van der Waals surface area (Å²) in [6.07, 6.45) is 3.52. The summed E-state index contributed by atoms with van der Waals surface area (Å²) in [7, 11) is 1.72. The van der Waals surface area contributed by atoms with E-state index in [1.54, 1.807) is 7.11 Å². The van der Waals surface area contributed by atoms with Gasteiger partial charge in [-0.15, -0.1) is 0 Å². The minimum atomic E-state index is 0.467. The zero-order valence-electron chi connectivity index (χ0n) is 13.3. The number of benzene rings is 1. The molecule has 0 spiro atoms. The van der Waals surface area contributed by atoms with E-state index in [9.17, 15) is 0 Å². The highest BCUT2D eigenvalue weighted by Gasteiger charge is 2.21. The fourth-order valence-electron chi connectivity index (χ4n) is 3.30. The molecular weight excluding hydrogens is 278 g/mol. The summed E-state index contributed by atoms with van der Waals surface area (Å²) < 4.78 is 10.7. The van der Waals surface area contributed by atoms with Gasteiger partial charge in [-0.2, -0.15) is 0 Å². The lowest BCUT2D eigenvalue weighted by Crippen LogP contribution is -2.45. The number of nitrogens with two attached hydrogens (primary N) is 1. The van der Waals surface area contributed by atoms with Crippen molar-refractivity contribution >= 4 is 5.96 Å². The standard InChI is InChI=1S/C17H25N3O2/c1-21-15-5-6-16-13(11-15)3-2-4-14(16)12-19-17(18)20-7-9-22-10-8-20/h5-6,11,14H,2-4,7-10,12H2,1H3,(H2,18,19). The van der Waals surface area contributed by atoms with Crippen LogP contribution in [-0.4, -0.2) is 50.8 Å². The first-order valence-electron chi connectivity index (χ1n) is 8.07. The van der Waals surface area contributed by atoms with E-state index in [0.717, 1.165) is 45.0 Å². The monoisotopic (exact) mass is 303 g/mol. The number of nitrogens with zero attached hydrogens (tertiary/aromatic N) is 2. The van der Waals surface area contributed by atoms with Crippen molar-refractivity contribution in [2.75, 3.05) is 40.0 Å². The summed E-state index contributed by atoms with van der Waals surface area (Å²) in [5, 5.41) is 0. The minimum Gasteiger partial charge on any atom is -0.497 e. The van der Waals surface area contributed by atoms with Crippen molar-refractivity contribution in [2.24, 2.45) is 10.7 Å². The van der Waals surface area contributed by atoms with Crippen LogP contribution in [0.4, 0.5) is 0 Å². The average Bonchev–Trinajstić information content (AvgIpc) is 2.59. The topological polar surface area (TPSA) is 60.1 Å². The van der Waals surface area contributed by atoms with E-state index >= 15 is 0 Å². The van der Waals surface area contributed by atoms with E-state index in [4.69, 9.17) is 15.2 Å². The number of fused-ring (bicyclic) bond motifs is 1. The maximum Gasteiger partial charge on any atom is 0.191 e. The normalized spacial score (nSPS) is 22.3. The molecule has 1 aromatic rings. The minimum absolute atomic E-state index is 0.467. The fourth-order valence-corrected chi connectivity index (χ4v) is 3.30. The Balaban J connectivity index is 1.69. The molecule has 0 radical (unpaired) electrons. The van der Waals surface area contributed by atoms with Gasteiger partial charge in [0.05, 0.1) is 20.3 Å². The van der Waals surface area contributed by atoms with E-state index in [0.29, 0.717) is 11.9 Å². The van der Waals surface area contributed by atoms with Crippen LogP contribution in [0.1, 0.15) is 29.9 Å². The van der Waals surface area contributed by atoms with E-state index in [-0.39, 0.29) is 0 Å². The van der Waals surface area contributed by atoms with Crippen molar-refractivity contribution in [1.29, 1.82) is 0 Å². The van der Waals surface area contributed by atoms with Crippen LogP contribution < -0.4 is 10.5 Å². The number of guanidine groups is 1. The van der Waals surface area contributed by atoms with Crippen LogP contribution in [0.15, 0.2) is 23.2 Å². The Labute approximate surface area is 132 Å². The first-order valence-corrected chi connectivity index (χ1v) is 8.07. The number of rotatable bonds is 3. The van der Waals surface area contributed by atoms with Crippen LogP contribution in [0.25, 0.3) is 0 Å². The van der Waals surface area contributed by atoms with Crippen molar-refractivity contribution in [3.05, 3.63) is 29.3 Å². The van der Waals surface area contributed by atoms with Crippen LogP contribution in [-0.2, 0) is 11.2 Å². The van der Waals surface area contributed by atoms with Gasteiger partial charge in [0.25, 0.3) is 0 Å². The number of hydrogen-bond donors (Lipinski definition) is 1. The molecule has 1 fully saturated rings. The molecule has 1 atom stereocenters. The summed E-state index contributed by atoms with van der Waals surface area (Å²) in [6.45, 7) is 3.93. The molecule has 1 aromatic carbocycles. The van der Waals surface area contributed by atoms with Crippen molar-refractivity contribution in [2.45, 2.75) is 25.2 Å². The number of hydrogen-bond acceptors (Lipinski definition) is 3. The predicted octanol–water partition coefficient (Wildman–Crippen LogP) is 1.76. The second-order valence-corrected chi connectivity index (χ2v) is 5.95. The van der Waals surface area contributed by atoms with Crippen molar-refractivity contribution in [3.63, 3.8) is 0 Å². The predicted molar refractivity (Wildman–Crippen MR) is 87.6 cm³/mol. The first kappa shape index (κ1) is 15.2. The van der Waals surface area contributed by atoms with Gasteiger partial charge in [-0.1, -0.05) is 6.07 Å². The molecule has 0 bridgehead atoms. The third kappa shape index (κ3) is 3.35. The molecule has 1 saturated heterocycles. The summed E-state index contributed by atoms with van der Waals surface area (Å²) in [5.74, 6) is 2.06. The van der Waals surface area contributed by atoms with E-state index in [1.165, 1.54) is 24.0 Å². The quantitative estimate of drug-likeness (QED) is 0.683. The van der Waals surface area contributed by atoms with Crippen LogP contribution in [0, 0.1) is 0 Å². The van der Waals surface area contributed by atoms with Crippen LogP contribution >= 0.6 is 0 Å². The molecule has 2 aliphatic rings. The Hall–Kier alpha value is -1.75. The van der Waals surface area contributed by atoms with Gasteiger partial charge in [-0.3, -0.25) is 4.99 Å². The van der Waals surface area contributed by atoms with Gasteiger partial charge in [0, 0.05) is 25.6 Å². The number of aryl methyl sites for hydroxylation is 1. The molecule has 3 rings (SSSR count). The van der Waals surface area contributed by atoms with E-state index in [1.807, 2.05) is 6.07 Å². The van der Waals surface area contributed by atoms with Gasteiger partial charge < -0.3 is 20.1 Å². The lowest BCUT2D eigenvalue weighted by molar-refractivity contribution is 0.0674. The molecule has 1 heterocycles. The molecular formula is C17H25N3O2. The molecule has 0 saturated carbocycles. The molecule has 2 N–H and O–H groups in total. The van der Waals surface area contributed by atoms with Crippen molar-refractivity contribution in [1.82, 2.24) is 4.90 Å². The zero-order chi connectivity index (χ0) is 15.4. The second kappa shape index (κ2) is 7.01. The number of aliphatic imine (C=N–C) groups is 1. The van der Waals surface area contributed by atoms with Crippen molar-refractivity contribution < 1.29 is 9.47 Å². The number of methoxy groups -OCH3 is 1. The molecule has 120 valence electrons. The van der Waals surface area contributed by atoms with Gasteiger partial charge in [0.2, 0.25) is 0 Å². The van der Waals surface area contributed by atoms with E-state index < -0.39 is 0 Å². The zero-order valence-corrected chi connectivity index (χ0v) is 13.3. The Morgan fingerprint density at radius 1 is 1.41 bits per heavy atom. The molecule has 0 amide bonds. The average molecular weight is 303 g/mol. The Bertz CT molecular complexity index is 539. The maximum atomic E-state index is 6.13. The van der Waals surface area contributed by atoms with Crippen LogP contribution in [0.3, 0.4) is 0 Å². The summed E-state index contributed by atoms with van der Waals surface area (Å²) >= 11 is 0. The highest BCUT2D eigenvalue weighted by atomic mass is 16.5. The van der Waals surface area contributed by atoms with Crippen LogP contribution in [0.5, 0.6) is 5.75 Å². The van der Waals surface area contributed by atoms with Crippen LogP contribution in [0.2, 0.25) is 0 Å². The third-order valence-corrected chi connectivity index (χ3v) is 4.60. The molecule has 5 heteroatoms. The van der Waals surface area contributed by atoms with Gasteiger partial charge in [0.15, 0.2) is 5.96 Å². The van der Waals surface area contributed by atoms with E-state index in [2.05, 4.69) is 22.0 Å². The van der Waals surface area contributed by atoms with Crippen molar-refractivity contribution in [3.8, 4) is 5.75 Å². The summed E-state index contributed by atoms with van der Waals surface area (Å²) in [6, 6.07) is 6.40. The molecule has 22 heavy (non-hydrogen) atoms. The highest BCUT2D eigenvalue weighted by molar-refractivity contribution is 5.78. The lowest BCUT2D eigenvalue weighted by atomic mass is 9.83. The van der Waals surface area contributed by atoms with Gasteiger partial charge in [-0.25, -0.2) is 0 Å². The molecule has 1 aliphatic carbocycles. The van der Waals surface area contributed by atoms with Gasteiger partial charge >= 0.3 is 0 Å². The maximum absolute atomic E-state index is 6.13. The Morgan fingerprint density at radius 3 is 3.00 bits per heavy atom. The molecule has 0 aromatic heterocycles. The Morgan fingerprint density at radius 2 is 2.23 bits per heavy atom. The largest absolute Gasteiger partial charge is 0.497 e. The van der Waals surface area contributed by atoms with Gasteiger partial charge in [0.1, 0.15) is 5.75 Å².